The van der Waals surface area contributed by atoms with Crippen molar-refractivity contribution in [3.63, 3.8) is 0 Å². The van der Waals surface area contributed by atoms with E-state index in [1.165, 1.54) is 12.1 Å². The van der Waals surface area contributed by atoms with Gasteiger partial charge in [-0.2, -0.15) is 0 Å². The molecule has 0 saturated heterocycles. The number of anilines is 1. The van der Waals surface area contributed by atoms with Crippen LogP contribution in [0.15, 0.2) is 42.5 Å². The minimum absolute atomic E-state index is 0.153. The highest BCUT2D eigenvalue weighted by Gasteiger charge is 2.14. The molecular formula is C17H19FN2O. The van der Waals surface area contributed by atoms with Crippen molar-refractivity contribution in [2.24, 2.45) is 0 Å². The molecule has 2 aromatic carbocycles. The second kappa shape index (κ2) is 6.39. The molecule has 0 aliphatic rings. The summed E-state index contributed by atoms with van der Waals surface area (Å²) in [6.45, 7) is 3.82. The first-order chi connectivity index (χ1) is 10.0. The maximum Gasteiger partial charge on any atom is 0.253 e. The fourth-order valence-electron chi connectivity index (χ4n) is 2.17. The Bertz CT molecular complexity index is 638. The van der Waals surface area contributed by atoms with Crippen molar-refractivity contribution in [3.05, 3.63) is 65.0 Å². The molecular weight excluding hydrogens is 267 g/mol. The van der Waals surface area contributed by atoms with Gasteiger partial charge in [0.2, 0.25) is 0 Å². The van der Waals surface area contributed by atoms with Crippen LogP contribution in [0, 0.1) is 12.7 Å². The summed E-state index contributed by atoms with van der Waals surface area (Å²) < 4.78 is 12.9. The average Bonchev–Trinajstić information content (AvgIpc) is 2.47. The highest BCUT2D eigenvalue weighted by molar-refractivity contribution is 6.00. The molecule has 2 rings (SSSR count). The summed E-state index contributed by atoms with van der Waals surface area (Å²) in [6.07, 6.45) is 0. The second-order valence-corrected chi connectivity index (χ2v) is 5.05. The van der Waals surface area contributed by atoms with Gasteiger partial charge in [-0.25, -0.2) is 4.39 Å². The maximum atomic E-state index is 12.9. The average molecular weight is 286 g/mol. The molecule has 0 radical (unpaired) electrons. The lowest BCUT2D eigenvalue weighted by Gasteiger charge is -2.16. The Balaban J connectivity index is 2.17. The van der Waals surface area contributed by atoms with Crippen LogP contribution in [-0.2, 0) is 0 Å². The Morgan fingerprint density at radius 2 is 1.81 bits per heavy atom. The molecule has 110 valence electrons. The minimum Gasteiger partial charge on any atom is -0.387 e. The topological polar surface area (TPSA) is 41.1 Å². The lowest BCUT2D eigenvalue weighted by Crippen LogP contribution is -2.27. The van der Waals surface area contributed by atoms with Crippen molar-refractivity contribution in [2.45, 2.75) is 19.9 Å². The SMILES string of the molecule is CNc1ccc(C)cc1C(=O)NC(C)c1ccc(F)cc1. The summed E-state index contributed by atoms with van der Waals surface area (Å²) in [5.74, 6) is -0.437. The largest absolute Gasteiger partial charge is 0.387 e. The Morgan fingerprint density at radius 1 is 1.14 bits per heavy atom. The van der Waals surface area contributed by atoms with E-state index in [2.05, 4.69) is 10.6 Å². The molecule has 3 nitrogen and oxygen atoms in total. The summed E-state index contributed by atoms with van der Waals surface area (Å²) >= 11 is 0. The number of halogens is 1. The Labute approximate surface area is 124 Å². The van der Waals surface area contributed by atoms with Crippen molar-refractivity contribution in [3.8, 4) is 0 Å². The quantitative estimate of drug-likeness (QED) is 0.900. The number of nitrogens with one attached hydrogen (secondary N) is 2. The van der Waals surface area contributed by atoms with Gasteiger partial charge in [0.1, 0.15) is 5.82 Å². The predicted molar refractivity (Wildman–Crippen MR) is 83.0 cm³/mol. The van der Waals surface area contributed by atoms with Gasteiger partial charge in [0.05, 0.1) is 11.6 Å². The van der Waals surface area contributed by atoms with Crippen LogP contribution in [0.2, 0.25) is 0 Å². The third-order valence-electron chi connectivity index (χ3n) is 3.41. The molecule has 0 heterocycles. The van der Waals surface area contributed by atoms with Gasteiger partial charge in [-0.1, -0.05) is 23.8 Å². The van der Waals surface area contributed by atoms with Gasteiger partial charge in [0.25, 0.3) is 5.91 Å². The molecule has 2 aromatic rings. The molecule has 1 atom stereocenters. The van der Waals surface area contributed by atoms with Crippen LogP contribution in [-0.4, -0.2) is 13.0 Å². The van der Waals surface area contributed by atoms with Crippen LogP contribution in [0.3, 0.4) is 0 Å². The Kier molecular flexibility index (Phi) is 4.58. The van der Waals surface area contributed by atoms with Gasteiger partial charge in [-0.05, 0) is 43.7 Å². The number of aryl methyl sites for hydroxylation is 1. The molecule has 0 fully saturated rings. The molecule has 0 aliphatic carbocycles. The van der Waals surface area contributed by atoms with E-state index in [1.807, 2.05) is 32.0 Å². The number of benzene rings is 2. The van der Waals surface area contributed by atoms with E-state index in [0.717, 1.165) is 16.8 Å². The Hall–Kier alpha value is -2.36. The van der Waals surface area contributed by atoms with E-state index < -0.39 is 0 Å². The number of hydrogen-bond donors (Lipinski definition) is 2. The number of amides is 1. The molecule has 1 unspecified atom stereocenters. The lowest BCUT2D eigenvalue weighted by molar-refractivity contribution is 0.0940. The molecule has 0 aliphatic heterocycles. The summed E-state index contributed by atoms with van der Waals surface area (Å²) in [6, 6.07) is 11.6. The molecule has 2 N–H and O–H groups in total. The van der Waals surface area contributed by atoms with Crippen molar-refractivity contribution >= 4 is 11.6 Å². The molecule has 4 heteroatoms. The standard InChI is InChI=1S/C17H19FN2O/c1-11-4-9-16(19-3)15(10-11)17(21)20-12(2)13-5-7-14(18)8-6-13/h4-10,12,19H,1-3H3,(H,20,21). The van der Waals surface area contributed by atoms with Crippen LogP contribution in [0.4, 0.5) is 10.1 Å². The highest BCUT2D eigenvalue weighted by Crippen LogP contribution is 2.19. The van der Waals surface area contributed by atoms with E-state index in [0.29, 0.717) is 5.56 Å². The molecule has 0 bridgehead atoms. The first-order valence-corrected chi connectivity index (χ1v) is 6.86. The van der Waals surface area contributed by atoms with Crippen LogP contribution in [0.25, 0.3) is 0 Å². The van der Waals surface area contributed by atoms with Crippen LogP contribution in [0.5, 0.6) is 0 Å². The predicted octanol–water partition coefficient (Wildman–Crippen LogP) is 3.67. The Morgan fingerprint density at radius 3 is 2.43 bits per heavy atom. The van der Waals surface area contributed by atoms with Gasteiger partial charge in [-0.3, -0.25) is 4.79 Å². The van der Waals surface area contributed by atoms with Gasteiger partial charge in [0.15, 0.2) is 0 Å². The zero-order valence-electron chi connectivity index (χ0n) is 12.4. The number of hydrogen-bond acceptors (Lipinski definition) is 2. The van der Waals surface area contributed by atoms with Crippen molar-refractivity contribution in [1.82, 2.24) is 5.32 Å². The molecule has 0 saturated carbocycles. The number of carbonyl (C=O) groups is 1. The van der Waals surface area contributed by atoms with E-state index in [-0.39, 0.29) is 17.8 Å². The van der Waals surface area contributed by atoms with Gasteiger partial charge < -0.3 is 10.6 Å². The third kappa shape index (κ3) is 3.60. The third-order valence-corrected chi connectivity index (χ3v) is 3.41. The zero-order valence-corrected chi connectivity index (χ0v) is 12.4. The van der Waals surface area contributed by atoms with Crippen molar-refractivity contribution in [2.75, 3.05) is 12.4 Å². The number of rotatable bonds is 4. The molecule has 1 amide bonds. The first kappa shape index (κ1) is 15.0. The second-order valence-electron chi connectivity index (χ2n) is 5.05. The smallest absolute Gasteiger partial charge is 0.253 e. The lowest BCUT2D eigenvalue weighted by atomic mass is 10.1. The fourth-order valence-corrected chi connectivity index (χ4v) is 2.17. The highest BCUT2D eigenvalue weighted by atomic mass is 19.1. The number of carbonyl (C=O) groups excluding carboxylic acids is 1. The van der Waals surface area contributed by atoms with E-state index in [1.54, 1.807) is 19.2 Å². The molecule has 0 spiro atoms. The van der Waals surface area contributed by atoms with Crippen LogP contribution >= 0.6 is 0 Å². The maximum absolute atomic E-state index is 12.9. The van der Waals surface area contributed by atoms with Gasteiger partial charge in [0, 0.05) is 12.7 Å². The van der Waals surface area contributed by atoms with Crippen LogP contribution < -0.4 is 10.6 Å². The first-order valence-electron chi connectivity index (χ1n) is 6.86. The van der Waals surface area contributed by atoms with E-state index in [9.17, 15) is 9.18 Å². The summed E-state index contributed by atoms with van der Waals surface area (Å²) in [7, 11) is 1.78. The van der Waals surface area contributed by atoms with Gasteiger partial charge in [-0.15, -0.1) is 0 Å². The summed E-state index contributed by atoms with van der Waals surface area (Å²) in [4.78, 5) is 12.4. The monoisotopic (exact) mass is 286 g/mol. The summed E-state index contributed by atoms with van der Waals surface area (Å²) in [5, 5.41) is 5.95. The van der Waals surface area contributed by atoms with Gasteiger partial charge >= 0.3 is 0 Å². The fraction of sp³-hybridized carbons (Fsp3) is 0.235. The van der Waals surface area contributed by atoms with E-state index in [4.69, 9.17) is 0 Å². The minimum atomic E-state index is -0.284. The molecule has 0 aromatic heterocycles. The summed E-state index contributed by atoms with van der Waals surface area (Å²) in [5.41, 5.74) is 3.27. The normalized spacial score (nSPS) is 11.8. The van der Waals surface area contributed by atoms with E-state index >= 15 is 0 Å². The van der Waals surface area contributed by atoms with Crippen molar-refractivity contribution in [1.29, 1.82) is 0 Å². The van der Waals surface area contributed by atoms with Crippen LogP contribution in [0.1, 0.15) is 34.5 Å². The zero-order chi connectivity index (χ0) is 15.4. The van der Waals surface area contributed by atoms with Crippen molar-refractivity contribution < 1.29 is 9.18 Å². The molecule has 21 heavy (non-hydrogen) atoms.